The van der Waals surface area contributed by atoms with Gasteiger partial charge in [-0.1, -0.05) is 12.1 Å². The maximum absolute atomic E-state index is 9.75. The molecule has 0 spiro atoms. The molecule has 19 heavy (non-hydrogen) atoms. The van der Waals surface area contributed by atoms with E-state index in [-0.39, 0.29) is 0 Å². The minimum absolute atomic E-state index is 0.299. The van der Waals surface area contributed by atoms with Crippen molar-refractivity contribution in [3.05, 3.63) is 53.7 Å². The molecule has 0 saturated heterocycles. The number of aromatic hydroxyl groups is 1. The van der Waals surface area contributed by atoms with E-state index in [1.54, 1.807) is 29.8 Å². The number of phenols is 1. The molecule has 94 valence electrons. The second kappa shape index (κ2) is 4.82. The molecule has 3 aromatic rings. The number of thiazole rings is 1. The molecule has 0 amide bonds. The highest BCUT2D eigenvalue weighted by Gasteiger charge is 2.08. The van der Waals surface area contributed by atoms with E-state index in [2.05, 4.69) is 9.97 Å². The van der Waals surface area contributed by atoms with Gasteiger partial charge in [0.15, 0.2) is 0 Å². The summed E-state index contributed by atoms with van der Waals surface area (Å²) < 4.78 is 0. The highest BCUT2D eigenvalue weighted by molar-refractivity contribution is 7.13. The van der Waals surface area contributed by atoms with Crippen LogP contribution in [0.3, 0.4) is 0 Å². The summed E-state index contributed by atoms with van der Waals surface area (Å²) in [6.45, 7) is 1.88. The van der Waals surface area contributed by atoms with Gasteiger partial charge < -0.3 is 5.11 Å². The summed E-state index contributed by atoms with van der Waals surface area (Å²) in [5.74, 6) is 0.299. The van der Waals surface area contributed by atoms with Gasteiger partial charge in [-0.05, 0) is 30.7 Å². The predicted molar refractivity (Wildman–Crippen MR) is 77.2 cm³/mol. The molecular weight excluding hydrogens is 256 g/mol. The molecule has 0 bridgehead atoms. The van der Waals surface area contributed by atoms with E-state index in [1.807, 2.05) is 36.6 Å². The Kier molecular flexibility index (Phi) is 3.01. The van der Waals surface area contributed by atoms with Crippen molar-refractivity contribution in [2.45, 2.75) is 6.92 Å². The smallest absolute Gasteiger partial charge is 0.125 e. The van der Waals surface area contributed by atoms with Gasteiger partial charge in [-0.15, -0.1) is 11.3 Å². The Morgan fingerprint density at radius 1 is 1.16 bits per heavy atom. The zero-order chi connectivity index (χ0) is 13.2. The number of aromatic nitrogens is 2. The van der Waals surface area contributed by atoms with Crippen LogP contribution in [0.25, 0.3) is 21.8 Å². The first-order valence-corrected chi connectivity index (χ1v) is 6.78. The fourth-order valence-corrected chi connectivity index (χ4v) is 2.62. The van der Waals surface area contributed by atoms with Gasteiger partial charge >= 0.3 is 0 Å². The van der Waals surface area contributed by atoms with Crippen LogP contribution in [0.5, 0.6) is 5.75 Å². The summed E-state index contributed by atoms with van der Waals surface area (Å²) in [6, 6.07) is 9.50. The van der Waals surface area contributed by atoms with Gasteiger partial charge in [0.2, 0.25) is 0 Å². The lowest BCUT2D eigenvalue weighted by molar-refractivity contribution is 0.471. The minimum Gasteiger partial charge on any atom is -0.508 e. The van der Waals surface area contributed by atoms with E-state index < -0.39 is 0 Å². The van der Waals surface area contributed by atoms with Crippen molar-refractivity contribution in [2.24, 2.45) is 0 Å². The second-order valence-electron chi connectivity index (χ2n) is 4.28. The average molecular weight is 268 g/mol. The largest absolute Gasteiger partial charge is 0.508 e. The Labute approximate surface area is 115 Å². The summed E-state index contributed by atoms with van der Waals surface area (Å²) in [6.07, 6.45) is 3.55. The van der Waals surface area contributed by atoms with Crippen LogP contribution in [-0.4, -0.2) is 15.1 Å². The van der Waals surface area contributed by atoms with E-state index in [9.17, 15) is 5.11 Å². The van der Waals surface area contributed by atoms with Crippen LogP contribution >= 0.6 is 11.3 Å². The molecule has 3 nitrogen and oxygen atoms in total. The second-order valence-corrected chi connectivity index (χ2v) is 5.14. The summed E-state index contributed by atoms with van der Waals surface area (Å²) in [7, 11) is 0. The van der Waals surface area contributed by atoms with Gasteiger partial charge in [0.1, 0.15) is 10.8 Å². The number of pyridine rings is 1. The predicted octanol–water partition coefficient (Wildman–Crippen LogP) is 3.89. The summed E-state index contributed by atoms with van der Waals surface area (Å²) in [5.41, 5.74) is 3.68. The molecule has 1 aromatic carbocycles. The minimum atomic E-state index is 0.299. The first-order valence-electron chi connectivity index (χ1n) is 5.90. The van der Waals surface area contributed by atoms with Gasteiger partial charge in [0.05, 0.1) is 5.69 Å². The van der Waals surface area contributed by atoms with E-state index in [0.717, 1.165) is 27.4 Å². The fraction of sp³-hybridized carbons (Fsp3) is 0.0667. The monoisotopic (exact) mass is 268 g/mol. The fourth-order valence-electron chi connectivity index (χ4n) is 1.80. The molecule has 0 unspecified atom stereocenters. The van der Waals surface area contributed by atoms with Gasteiger partial charge in [0.25, 0.3) is 0 Å². The first-order chi connectivity index (χ1) is 9.24. The third-order valence-corrected chi connectivity index (χ3v) is 3.81. The molecule has 2 aromatic heterocycles. The van der Waals surface area contributed by atoms with Crippen molar-refractivity contribution in [1.29, 1.82) is 0 Å². The molecule has 2 heterocycles. The molecule has 0 radical (unpaired) electrons. The van der Waals surface area contributed by atoms with Crippen LogP contribution in [-0.2, 0) is 0 Å². The van der Waals surface area contributed by atoms with Crippen LogP contribution in [0.4, 0.5) is 0 Å². The molecule has 0 saturated carbocycles. The maximum atomic E-state index is 9.75. The Balaban J connectivity index is 1.99. The SMILES string of the molecule is Cc1ccc(-c2csc(-c3cccnc3)n2)cc1O. The average Bonchev–Trinajstić information content (AvgIpc) is 2.93. The molecule has 3 rings (SSSR count). The highest BCUT2D eigenvalue weighted by atomic mass is 32.1. The van der Waals surface area contributed by atoms with Crippen LogP contribution in [0.1, 0.15) is 5.56 Å². The number of hydrogen-bond donors (Lipinski definition) is 1. The van der Waals surface area contributed by atoms with Crippen LogP contribution in [0, 0.1) is 6.92 Å². The molecule has 0 aliphatic carbocycles. The summed E-state index contributed by atoms with van der Waals surface area (Å²) in [5, 5.41) is 12.7. The molecule has 0 atom stereocenters. The topological polar surface area (TPSA) is 46.0 Å². The van der Waals surface area contributed by atoms with Gasteiger partial charge in [-0.2, -0.15) is 0 Å². The Morgan fingerprint density at radius 2 is 2.05 bits per heavy atom. The molecule has 0 aliphatic rings. The lowest BCUT2D eigenvalue weighted by Crippen LogP contribution is -1.82. The summed E-state index contributed by atoms with van der Waals surface area (Å²) in [4.78, 5) is 8.68. The Hall–Kier alpha value is -2.20. The Morgan fingerprint density at radius 3 is 2.79 bits per heavy atom. The van der Waals surface area contributed by atoms with E-state index in [4.69, 9.17) is 0 Å². The number of nitrogens with zero attached hydrogens (tertiary/aromatic N) is 2. The van der Waals surface area contributed by atoms with Crippen molar-refractivity contribution >= 4 is 11.3 Å². The first kappa shape index (κ1) is 11.9. The third-order valence-electron chi connectivity index (χ3n) is 2.92. The van der Waals surface area contributed by atoms with Crippen molar-refractivity contribution in [2.75, 3.05) is 0 Å². The molecule has 1 N–H and O–H groups in total. The molecule has 4 heteroatoms. The van der Waals surface area contributed by atoms with Crippen molar-refractivity contribution in [3.63, 3.8) is 0 Å². The standard InChI is InChI=1S/C15H12N2OS/c1-10-4-5-11(7-14(10)18)13-9-19-15(17-13)12-3-2-6-16-8-12/h2-9,18H,1H3. The number of benzene rings is 1. The number of hydrogen-bond acceptors (Lipinski definition) is 4. The zero-order valence-corrected chi connectivity index (χ0v) is 11.2. The van der Waals surface area contributed by atoms with Gasteiger partial charge in [-0.3, -0.25) is 4.98 Å². The molecule has 0 aliphatic heterocycles. The van der Waals surface area contributed by atoms with Crippen LogP contribution in [0.15, 0.2) is 48.1 Å². The van der Waals surface area contributed by atoms with Crippen LogP contribution in [0.2, 0.25) is 0 Å². The number of aryl methyl sites for hydroxylation is 1. The molecular formula is C15H12N2OS. The summed E-state index contributed by atoms with van der Waals surface area (Å²) >= 11 is 1.57. The number of rotatable bonds is 2. The van der Waals surface area contributed by atoms with Crippen molar-refractivity contribution < 1.29 is 5.11 Å². The van der Waals surface area contributed by atoms with E-state index in [1.165, 1.54) is 0 Å². The third kappa shape index (κ3) is 2.35. The quantitative estimate of drug-likeness (QED) is 0.767. The van der Waals surface area contributed by atoms with E-state index >= 15 is 0 Å². The zero-order valence-electron chi connectivity index (χ0n) is 10.4. The van der Waals surface area contributed by atoms with E-state index in [0.29, 0.717) is 5.75 Å². The normalized spacial score (nSPS) is 10.6. The highest BCUT2D eigenvalue weighted by Crippen LogP contribution is 2.30. The lowest BCUT2D eigenvalue weighted by atomic mass is 10.1. The molecule has 0 fully saturated rings. The maximum Gasteiger partial charge on any atom is 0.125 e. The van der Waals surface area contributed by atoms with Crippen LogP contribution < -0.4 is 0 Å². The van der Waals surface area contributed by atoms with Crippen molar-refractivity contribution in [1.82, 2.24) is 9.97 Å². The lowest BCUT2D eigenvalue weighted by Gasteiger charge is -2.01. The van der Waals surface area contributed by atoms with Gasteiger partial charge in [-0.25, -0.2) is 4.98 Å². The number of phenolic OH excluding ortho intramolecular Hbond substituents is 1. The van der Waals surface area contributed by atoms with Gasteiger partial charge in [0, 0.05) is 28.9 Å². The van der Waals surface area contributed by atoms with Crippen molar-refractivity contribution in [3.8, 4) is 27.6 Å². The Bertz CT molecular complexity index is 707.